The molecule has 0 saturated carbocycles. The van der Waals surface area contributed by atoms with Crippen molar-refractivity contribution >= 4 is 11.4 Å². The van der Waals surface area contributed by atoms with Gasteiger partial charge in [-0.1, -0.05) is 0 Å². The molecule has 0 radical (unpaired) electrons. The lowest BCUT2D eigenvalue weighted by Gasteiger charge is -2.10. The van der Waals surface area contributed by atoms with E-state index in [-0.39, 0.29) is 5.75 Å². The zero-order valence-electron chi connectivity index (χ0n) is 10.1. The lowest BCUT2D eigenvalue weighted by Crippen LogP contribution is -2.16. The predicted molar refractivity (Wildman–Crippen MR) is 68.5 cm³/mol. The van der Waals surface area contributed by atoms with Gasteiger partial charge in [0.2, 0.25) is 0 Å². The monoisotopic (exact) mass is 284 g/mol. The summed E-state index contributed by atoms with van der Waals surface area (Å²) in [6.07, 6.45) is -4.71. The zero-order chi connectivity index (χ0) is 14.8. The van der Waals surface area contributed by atoms with E-state index in [0.717, 1.165) is 12.1 Å². The van der Waals surface area contributed by atoms with Crippen LogP contribution in [0.15, 0.2) is 42.5 Å². The number of rotatable bonds is 3. The van der Waals surface area contributed by atoms with E-state index < -0.39 is 6.36 Å². The molecule has 2 aromatic carbocycles. The van der Waals surface area contributed by atoms with Crippen LogP contribution in [-0.4, -0.2) is 6.36 Å². The highest BCUT2D eigenvalue weighted by molar-refractivity contribution is 5.65. The Kier molecular flexibility index (Phi) is 3.60. The molecule has 0 spiro atoms. The summed E-state index contributed by atoms with van der Waals surface area (Å²) in [6.45, 7) is 0. The van der Waals surface area contributed by atoms with Gasteiger partial charge in [-0.2, -0.15) is 0 Å². The van der Waals surface area contributed by atoms with Crippen LogP contribution in [-0.2, 0) is 0 Å². The maximum atomic E-state index is 12.0. The number of ether oxygens (including phenoxy) is 2. The highest BCUT2D eigenvalue weighted by atomic mass is 19.4. The van der Waals surface area contributed by atoms with E-state index in [1.165, 1.54) is 18.2 Å². The Balaban J connectivity index is 2.08. The minimum absolute atomic E-state index is 0.318. The smallest absolute Gasteiger partial charge is 0.457 e. The molecule has 7 heteroatoms. The van der Waals surface area contributed by atoms with Crippen molar-refractivity contribution in [1.82, 2.24) is 0 Å². The second-order valence-electron chi connectivity index (χ2n) is 3.91. The van der Waals surface area contributed by atoms with Crippen molar-refractivity contribution in [3.05, 3.63) is 42.5 Å². The number of anilines is 2. The van der Waals surface area contributed by atoms with Gasteiger partial charge in [-0.05, 0) is 36.4 Å². The Hall–Kier alpha value is -2.57. The number of nitrogens with two attached hydrogens (primary N) is 2. The fraction of sp³-hybridized carbons (Fsp3) is 0.0769. The first-order chi connectivity index (χ1) is 9.33. The van der Waals surface area contributed by atoms with Gasteiger partial charge in [-0.3, -0.25) is 0 Å². The molecule has 0 aliphatic rings. The molecule has 0 amide bonds. The average Bonchev–Trinajstić information content (AvgIpc) is 2.35. The number of benzene rings is 2. The van der Waals surface area contributed by atoms with Gasteiger partial charge in [0.05, 0.1) is 11.4 Å². The van der Waals surface area contributed by atoms with Crippen molar-refractivity contribution < 1.29 is 22.6 Å². The molecule has 0 atom stereocenters. The number of alkyl halides is 3. The van der Waals surface area contributed by atoms with Crippen LogP contribution in [0.25, 0.3) is 0 Å². The summed E-state index contributed by atoms with van der Waals surface area (Å²) < 4.78 is 45.2. The van der Waals surface area contributed by atoms with Crippen LogP contribution in [0, 0.1) is 0 Å². The Morgan fingerprint density at radius 3 is 1.85 bits per heavy atom. The third-order valence-corrected chi connectivity index (χ3v) is 2.35. The van der Waals surface area contributed by atoms with Gasteiger partial charge in [0.1, 0.15) is 17.2 Å². The molecule has 106 valence electrons. The summed E-state index contributed by atoms with van der Waals surface area (Å²) in [6, 6.07) is 9.72. The van der Waals surface area contributed by atoms with Gasteiger partial charge in [0.25, 0.3) is 0 Å². The maximum absolute atomic E-state index is 12.0. The molecule has 0 aliphatic carbocycles. The van der Waals surface area contributed by atoms with Crippen LogP contribution in [0.4, 0.5) is 24.5 Å². The van der Waals surface area contributed by atoms with Gasteiger partial charge in [-0.25, -0.2) is 0 Å². The minimum atomic E-state index is -4.71. The van der Waals surface area contributed by atoms with Gasteiger partial charge >= 0.3 is 6.36 Å². The normalized spacial score (nSPS) is 11.2. The second kappa shape index (κ2) is 5.20. The van der Waals surface area contributed by atoms with Crippen LogP contribution in [0.5, 0.6) is 17.2 Å². The van der Waals surface area contributed by atoms with Crippen LogP contribution < -0.4 is 20.9 Å². The quantitative estimate of drug-likeness (QED) is 0.846. The van der Waals surface area contributed by atoms with Crippen LogP contribution in [0.3, 0.4) is 0 Å². The SMILES string of the molecule is Nc1ccc(Oc2ccc(OC(F)(F)F)cc2)cc1N. The molecule has 0 bridgehead atoms. The number of hydrogen-bond acceptors (Lipinski definition) is 4. The minimum Gasteiger partial charge on any atom is -0.457 e. The van der Waals surface area contributed by atoms with E-state index in [1.54, 1.807) is 12.1 Å². The zero-order valence-corrected chi connectivity index (χ0v) is 10.1. The molecule has 0 aliphatic heterocycles. The molecule has 0 saturated heterocycles. The summed E-state index contributed by atoms with van der Waals surface area (Å²) in [4.78, 5) is 0. The van der Waals surface area contributed by atoms with Gasteiger partial charge in [0.15, 0.2) is 0 Å². The lowest BCUT2D eigenvalue weighted by atomic mass is 10.2. The summed E-state index contributed by atoms with van der Waals surface area (Å²) in [5.74, 6) is 0.464. The van der Waals surface area contributed by atoms with Gasteiger partial charge in [-0.15, -0.1) is 13.2 Å². The van der Waals surface area contributed by atoms with E-state index in [4.69, 9.17) is 16.2 Å². The Morgan fingerprint density at radius 2 is 1.30 bits per heavy atom. The Bertz CT molecular complexity index is 598. The van der Waals surface area contributed by atoms with Crippen LogP contribution >= 0.6 is 0 Å². The molecule has 0 unspecified atom stereocenters. The van der Waals surface area contributed by atoms with Crippen LogP contribution in [0.1, 0.15) is 0 Å². The molecule has 4 nitrogen and oxygen atoms in total. The van der Waals surface area contributed by atoms with Crippen molar-refractivity contribution in [3.8, 4) is 17.2 Å². The fourth-order valence-corrected chi connectivity index (χ4v) is 1.46. The van der Waals surface area contributed by atoms with Crippen molar-refractivity contribution in [2.75, 3.05) is 11.5 Å². The first kappa shape index (κ1) is 13.9. The van der Waals surface area contributed by atoms with Crippen molar-refractivity contribution in [2.45, 2.75) is 6.36 Å². The molecule has 20 heavy (non-hydrogen) atoms. The highest BCUT2D eigenvalue weighted by Gasteiger charge is 2.30. The molecule has 2 aromatic rings. The molecule has 0 fully saturated rings. The first-order valence-electron chi connectivity index (χ1n) is 5.52. The third kappa shape index (κ3) is 3.71. The molecule has 0 aromatic heterocycles. The maximum Gasteiger partial charge on any atom is 0.573 e. The average molecular weight is 284 g/mol. The second-order valence-corrected chi connectivity index (χ2v) is 3.91. The predicted octanol–water partition coefficient (Wildman–Crippen LogP) is 3.54. The number of nitrogen functional groups attached to an aromatic ring is 2. The van der Waals surface area contributed by atoms with Crippen molar-refractivity contribution in [2.24, 2.45) is 0 Å². The summed E-state index contributed by atoms with van der Waals surface area (Å²) in [7, 11) is 0. The Morgan fingerprint density at radius 1 is 0.750 bits per heavy atom. The fourth-order valence-electron chi connectivity index (χ4n) is 1.46. The van der Waals surface area contributed by atoms with Gasteiger partial charge < -0.3 is 20.9 Å². The van der Waals surface area contributed by atoms with E-state index in [1.807, 2.05) is 0 Å². The number of halogens is 3. The summed E-state index contributed by atoms with van der Waals surface area (Å²) >= 11 is 0. The van der Waals surface area contributed by atoms with E-state index in [2.05, 4.69) is 4.74 Å². The highest BCUT2D eigenvalue weighted by Crippen LogP contribution is 2.29. The molecular formula is C13H11F3N2O2. The third-order valence-electron chi connectivity index (χ3n) is 2.35. The largest absolute Gasteiger partial charge is 0.573 e. The summed E-state index contributed by atoms with van der Waals surface area (Å²) in [5.41, 5.74) is 12.0. The van der Waals surface area contributed by atoms with Crippen molar-refractivity contribution in [3.63, 3.8) is 0 Å². The standard InChI is InChI=1S/C13H11F3N2O2/c14-13(15,16)20-9-3-1-8(2-4-9)19-10-5-6-11(17)12(18)7-10/h1-7H,17-18H2. The number of hydrogen-bond donors (Lipinski definition) is 2. The van der Waals surface area contributed by atoms with E-state index in [9.17, 15) is 13.2 Å². The Labute approximate surface area is 112 Å². The van der Waals surface area contributed by atoms with E-state index in [0.29, 0.717) is 22.9 Å². The summed E-state index contributed by atoms with van der Waals surface area (Å²) in [5, 5.41) is 0. The van der Waals surface area contributed by atoms with Crippen molar-refractivity contribution in [1.29, 1.82) is 0 Å². The first-order valence-corrected chi connectivity index (χ1v) is 5.52. The molecule has 0 heterocycles. The molecule has 2 rings (SSSR count). The van der Waals surface area contributed by atoms with Crippen LogP contribution in [0.2, 0.25) is 0 Å². The molecular weight excluding hydrogens is 273 g/mol. The lowest BCUT2D eigenvalue weighted by molar-refractivity contribution is -0.274. The van der Waals surface area contributed by atoms with Gasteiger partial charge in [0, 0.05) is 6.07 Å². The topological polar surface area (TPSA) is 70.5 Å². The van der Waals surface area contributed by atoms with E-state index >= 15 is 0 Å². The molecule has 4 N–H and O–H groups in total.